The number of aromatic nitrogens is 4. The van der Waals surface area contributed by atoms with E-state index < -0.39 is 5.79 Å². The van der Waals surface area contributed by atoms with Crippen LogP contribution in [-0.4, -0.2) is 51.1 Å². The maximum atomic E-state index is 6.20. The molecule has 8 heteroatoms. The smallest absolute Gasteiger partial charge is 0.164 e. The molecule has 0 amide bonds. The number of fused-ring (bicyclic) bond motifs is 6. The first kappa shape index (κ1) is 23.9. The zero-order valence-corrected chi connectivity index (χ0v) is 22.4. The van der Waals surface area contributed by atoms with Crippen molar-refractivity contribution < 1.29 is 18.9 Å². The van der Waals surface area contributed by atoms with Gasteiger partial charge in [0.2, 0.25) is 0 Å². The van der Waals surface area contributed by atoms with Crippen LogP contribution in [0.5, 0.6) is 11.5 Å². The van der Waals surface area contributed by atoms with Crippen molar-refractivity contribution in [1.82, 2.24) is 19.9 Å². The Balaban J connectivity index is 1.06. The molecule has 2 N–H and O–H groups in total. The van der Waals surface area contributed by atoms with E-state index in [2.05, 4.69) is 32.1 Å². The molecule has 2 aromatic carbocycles. The molecule has 6 aromatic rings. The van der Waals surface area contributed by atoms with Crippen molar-refractivity contribution in [1.29, 1.82) is 0 Å². The highest BCUT2D eigenvalue weighted by Crippen LogP contribution is 2.33. The number of nitrogens with zero attached hydrogens (tertiary/aromatic N) is 2. The van der Waals surface area contributed by atoms with Crippen LogP contribution in [0, 0.1) is 13.8 Å². The Bertz CT molecular complexity index is 1720. The first-order valence-corrected chi connectivity index (χ1v) is 13.2. The minimum absolute atomic E-state index is 0.282. The van der Waals surface area contributed by atoms with Gasteiger partial charge in [-0.2, -0.15) is 0 Å². The average molecular weight is 523 g/mol. The van der Waals surface area contributed by atoms with Crippen LogP contribution in [0.2, 0.25) is 0 Å². The summed E-state index contributed by atoms with van der Waals surface area (Å²) in [4.78, 5) is 15.7. The number of H-pyrrole nitrogens is 2. The lowest BCUT2D eigenvalue weighted by Gasteiger charge is -2.18. The topological polar surface area (TPSA) is 94.3 Å². The lowest BCUT2D eigenvalue weighted by Crippen LogP contribution is -2.33. The van der Waals surface area contributed by atoms with Crippen LogP contribution in [0.1, 0.15) is 25.2 Å². The van der Waals surface area contributed by atoms with Crippen molar-refractivity contribution >= 4 is 43.6 Å². The number of hydrogen-bond acceptors (Lipinski definition) is 6. The van der Waals surface area contributed by atoms with Gasteiger partial charge < -0.3 is 28.9 Å². The maximum Gasteiger partial charge on any atom is 0.164 e. The van der Waals surface area contributed by atoms with Crippen molar-refractivity contribution in [2.75, 3.05) is 13.2 Å². The van der Waals surface area contributed by atoms with Gasteiger partial charge in [0.25, 0.3) is 0 Å². The number of hydrogen-bond donors (Lipinski definition) is 2. The van der Waals surface area contributed by atoms with Gasteiger partial charge in [0.05, 0.1) is 33.5 Å². The number of aryl methyl sites for hydroxylation is 2. The molecule has 1 saturated heterocycles. The second-order valence-electron chi connectivity index (χ2n) is 10.6. The van der Waals surface area contributed by atoms with Crippen molar-refractivity contribution in [2.45, 2.75) is 45.7 Å². The van der Waals surface area contributed by atoms with Crippen molar-refractivity contribution in [3.05, 3.63) is 72.3 Å². The number of rotatable bonds is 6. The third-order valence-electron chi connectivity index (χ3n) is 7.48. The molecule has 2 atom stereocenters. The van der Waals surface area contributed by atoms with E-state index in [1.165, 1.54) is 0 Å². The summed E-state index contributed by atoms with van der Waals surface area (Å²) in [5, 5.41) is 4.61. The molecule has 0 spiro atoms. The van der Waals surface area contributed by atoms with Crippen molar-refractivity contribution in [2.24, 2.45) is 0 Å². The second kappa shape index (κ2) is 8.97. The Morgan fingerprint density at radius 1 is 0.692 bits per heavy atom. The number of pyridine rings is 2. The van der Waals surface area contributed by atoms with Gasteiger partial charge in [0, 0.05) is 46.1 Å². The molecule has 8 nitrogen and oxygen atoms in total. The molecule has 0 radical (unpaired) electrons. The summed E-state index contributed by atoms with van der Waals surface area (Å²) < 4.78 is 24.8. The van der Waals surface area contributed by atoms with Crippen LogP contribution in [-0.2, 0) is 9.47 Å². The van der Waals surface area contributed by atoms with Crippen LogP contribution >= 0.6 is 0 Å². The molecule has 0 bridgehead atoms. The van der Waals surface area contributed by atoms with Crippen LogP contribution in [0.15, 0.2) is 60.9 Å². The third-order valence-corrected chi connectivity index (χ3v) is 7.48. The van der Waals surface area contributed by atoms with E-state index in [1.54, 1.807) is 0 Å². The molecule has 39 heavy (non-hydrogen) atoms. The van der Waals surface area contributed by atoms with E-state index in [0.29, 0.717) is 13.2 Å². The van der Waals surface area contributed by atoms with Crippen LogP contribution in [0.4, 0.5) is 0 Å². The summed E-state index contributed by atoms with van der Waals surface area (Å²) in [5.41, 5.74) is 6.08. The highest BCUT2D eigenvalue weighted by Gasteiger charge is 2.42. The molecule has 1 aliphatic heterocycles. The van der Waals surface area contributed by atoms with Gasteiger partial charge in [0.15, 0.2) is 5.79 Å². The Morgan fingerprint density at radius 2 is 1.15 bits per heavy atom. The van der Waals surface area contributed by atoms with Gasteiger partial charge in [-0.05, 0) is 64.1 Å². The molecular formula is C31H30N4O4. The van der Waals surface area contributed by atoms with Gasteiger partial charge in [-0.25, -0.2) is 0 Å². The Labute approximate surface area is 225 Å². The number of ether oxygens (including phenoxy) is 4. The summed E-state index contributed by atoms with van der Waals surface area (Å²) >= 11 is 0. The second-order valence-corrected chi connectivity index (χ2v) is 10.6. The zero-order chi connectivity index (χ0) is 26.7. The molecule has 1 fully saturated rings. The van der Waals surface area contributed by atoms with E-state index >= 15 is 0 Å². The molecule has 0 saturated carbocycles. The fourth-order valence-electron chi connectivity index (χ4n) is 5.62. The molecule has 2 unspecified atom stereocenters. The van der Waals surface area contributed by atoms with Gasteiger partial charge in [-0.15, -0.1) is 0 Å². The molecule has 4 aromatic heterocycles. The van der Waals surface area contributed by atoms with Crippen molar-refractivity contribution in [3.63, 3.8) is 0 Å². The highest BCUT2D eigenvalue weighted by molar-refractivity contribution is 6.08. The number of aromatic amines is 2. The number of nitrogens with one attached hydrogen (secondary N) is 2. The minimum Gasteiger partial charge on any atom is -0.491 e. The Hall–Kier alpha value is -4.14. The van der Waals surface area contributed by atoms with Gasteiger partial charge >= 0.3 is 0 Å². The van der Waals surface area contributed by atoms with Gasteiger partial charge in [-0.3, -0.25) is 9.97 Å². The largest absolute Gasteiger partial charge is 0.491 e. The van der Waals surface area contributed by atoms with E-state index in [0.717, 1.165) is 66.5 Å². The van der Waals surface area contributed by atoms with Crippen LogP contribution in [0.3, 0.4) is 0 Å². The molecule has 198 valence electrons. The van der Waals surface area contributed by atoms with E-state index in [9.17, 15) is 0 Å². The standard InChI is InChI=1S/C31H30N4O4/c1-17-29-23(9-11-32-17)21-7-5-19(13-25(21)34-29)36-15-27-28(39-31(3,4)38-27)16-37-20-6-8-22-24-10-12-33-18(2)30(24)35-26(22)14-20/h5-14,27-28,34-35H,15-16H2,1-4H3. The monoisotopic (exact) mass is 522 g/mol. The fourth-order valence-corrected chi connectivity index (χ4v) is 5.62. The summed E-state index contributed by atoms with van der Waals surface area (Å²) in [5.74, 6) is 0.808. The average Bonchev–Trinajstić information content (AvgIpc) is 3.57. The molecule has 5 heterocycles. The lowest BCUT2D eigenvalue weighted by atomic mass is 10.1. The molecule has 7 rings (SSSR count). The summed E-state index contributed by atoms with van der Waals surface area (Å²) in [7, 11) is 0. The predicted octanol–water partition coefficient (Wildman–Crippen LogP) is 6.34. The summed E-state index contributed by atoms with van der Waals surface area (Å²) in [6.07, 6.45) is 3.12. The Kier molecular flexibility index (Phi) is 5.50. The Morgan fingerprint density at radius 3 is 1.62 bits per heavy atom. The lowest BCUT2D eigenvalue weighted by molar-refractivity contribution is -0.150. The predicted molar refractivity (Wildman–Crippen MR) is 151 cm³/mol. The van der Waals surface area contributed by atoms with Crippen molar-refractivity contribution in [3.8, 4) is 11.5 Å². The van der Waals surface area contributed by atoms with E-state index in [-0.39, 0.29) is 12.2 Å². The molecular weight excluding hydrogens is 492 g/mol. The third kappa shape index (κ3) is 4.26. The van der Waals surface area contributed by atoms with Gasteiger partial charge in [-0.1, -0.05) is 0 Å². The number of benzene rings is 2. The van der Waals surface area contributed by atoms with E-state index in [4.69, 9.17) is 18.9 Å². The first-order valence-electron chi connectivity index (χ1n) is 13.2. The van der Waals surface area contributed by atoms with Gasteiger partial charge in [0.1, 0.15) is 36.9 Å². The normalized spacial score (nSPS) is 19.0. The summed E-state index contributed by atoms with van der Waals surface area (Å²) in [6.45, 7) is 8.54. The minimum atomic E-state index is -0.723. The highest BCUT2D eigenvalue weighted by atomic mass is 16.8. The van der Waals surface area contributed by atoms with Crippen LogP contribution < -0.4 is 9.47 Å². The van der Waals surface area contributed by atoms with E-state index in [1.807, 2.05) is 76.5 Å². The SMILES string of the molecule is Cc1nccc2c1[nH]c1cc(OCC3OC(C)(C)OC3COc3ccc4c(c3)[nH]c3c(C)nccc34)ccc12. The quantitative estimate of drug-likeness (QED) is 0.265. The maximum absolute atomic E-state index is 6.20. The fraction of sp³-hybridized carbons (Fsp3) is 0.290. The molecule has 1 aliphatic rings. The van der Waals surface area contributed by atoms with Crippen LogP contribution in [0.25, 0.3) is 43.6 Å². The summed E-state index contributed by atoms with van der Waals surface area (Å²) in [6, 6.07) is 16.3. The molecule has 0 aliphatic carbocycles. The zero-order valence-electron chi connectivity index (χ0n) is 22.4. The first-order chi connectivity index (χ1) is 18.8.